The van der Waals surface area contributed by atoms with E-state index in [9.17, 15) is 4.79 Å². The third kappa shape index (κ3) is 3.76. The Morgan fingerprint density at radius 3 is 2.86 bits per heavy atom. The van der Waals surface area contributed by atoms with E-state index in [1.165, 1.54) is 22.7 Å². The van der Waals surface area contributed by atoms with Crippen molar-refractivity contribution >= 4 is 43.9 Å². The molecule has 1 aliphatic rings. The van der Waals surface area contributed by atoms with Crippen LogP contribution < -0.4 is 9.64 Å². The van der Waals surface area contributed by atoms with Crippen LogP contribution in [0.25, 0.3) is 10.2 Å². The first-order valence-electron chi connectivity index (χ1n) is 9.46. The minimum Gasteiger partial charge on any atom is -0.492 e. The van der Waals surface area contributed by atoms with E-state index in [1.54, 1.807) is 4.90 Å². The van der Waals surface area contributed by atoms with Crippen LogP contribution in [-0.4, -0.2) is 41.7 Å². The van der Waals surface area contributed by atoms with E-state index in [1.807, 2.05) is 39.0 Å². The summed E-state index contributed by atoms with van der Waals surface area (Å²) < 4.78 is 12.5. The molecule has 148 valence electrons. The number of aromatic nitrogens is 2. The van der Waals surface area contributed by atoms with Crippen LogP contribution in [0.2, 0.25) is 0 Å². The fourth-order valence-corrected chi connectivity index (χ4v) is 5.25. The predicted molar refractivity (Wildman–Crippen MR) is 113 cm³/mol. The molecule has 1 aromatic carbocycles. The number of carbonyl (C=O) groups is 1. The number of ether oxygens (including phenoxy) is 2. The van der Waals surface area contributed by atoms with Crippen LogP contribution in [0, 0.1) is 13.8 Å². The summed E-state index contributed by atoms with van der Waals surface area (Å²) in [6.45, 7) is 7.58. The molecule has 1 saturated heterocycles. The summed E-state index contributed by atoms with van der Waals surface area (Å²) in [5, 5.41) is 1.56. The van der Waals surface area contributed by atoms with Gasteiger partial charge in [-0.3, -0.25) is 9.69 Å². The predicted octanol–water partition coefficient (Wildman–Crippen LogP) is 4.59. The lowest BCUT2D eigenvalue weighted by Gasteiger charge is -2.22. The number of para-hydroxylation sites is 1. The highest BCUT2D eigenvalue weighted by Crippen LogP contribution is 2.36. The molecule has 0 radical (unpaired) electrons. The second kappa shape index (κ2) is 8.14. The highest BCUT2D eigenvalue weighted by molar-refractivity contribution is 7.22. The largest absolute Gasteiger partial charge is 0.492 e. The molecule has 3 heterocycles. The van der Waals surface area contributed by atoms with E-state index in [2.05, 4.69) is 4.98 Å². The summed E-state index contributed by atoms with van der Waals surface area (Å²) >= 11 is 2.94. The van der Waals surface area contributed by atoms with E-state index >= 15 is 0 Å². The van der Waals surface area contributed by atoms with Gasteiger partial charge in [0.25, 0.3) is 5.91 Å². The molecule has 0 N–H and O–H groups in total. The van der Waals surface area contributed by atoms with Crippen molar-refractivity contribution in [2.75, 3.05) is 24.7 Å². The van der Waals surface area contributed by atoms with Crippen LogP contribution in [-0.2, 0) is 4.74 Å². The van der Waals surface area contributed by atoms with Gasteiger partial charge in [0.2, 0.25) is 0 Å². The summed E-state index contributed by atoms with van der Waals surface area (Å²) in [6, 6.07) is 5.88. The van der Waals surface area contributed by atoms with E-state index < -0.39 is 0 Å². The fraction of sp³-hybridized carbons (Fsp3) is 0.450. The molecule has 1 unspecified atom stereocenters. The third-order valence-corrected chi connectivity index (χ3v) is 6.76. The Balaban J connectivity index is 1.74. The quantitative estimate of drug-likeness (QED) is 0.587. The number of carbonyl (C=O) groups excluding carboxylic acids is 1. The highest BCUT2D eigenvalue weighted by atomic mass is 32.1. The second-order valence-corrected chi connectivity index (χ2v) is 8.94. The van der Waals surface area contributed by atoms with Crippen molar-refractivity contribution in [2.24, 2.45) is 0 Å². The number of fused-ring (bicyclic) bond motifs is 1. The smallest absolute Gasteiger partial charge is 0.272 e. The lowest BCUT2D eigenvalue weighted by atomic mass is 10.2. The molecule has 3 aromatic rings. The Bertz CT molecular complexity index is 992. The average Bonchev–Trinajstić information content (AvgIpc) is 3.39. The number of rotatable bonds is 6. The van der Waals surface area contributed by atoms with E-state index in [4.69, 9.17) is 14.5 Å². The summed E-state index contributed by atoms with van der Waals surface area (Å²) in [5.41, 5.74) is 1.56. The molecule has 8 heteroatoms. The normalized spacial score (nSPS) is 16.6. The van der Waals surface area contributed by atoms with Gasteiger partial charge in [-0.2, -0.15) is 0 Å². The maximum absolute atomic E-state index is 13.4. The Labute approximate surface area is 172 Å². The van der Waals surface area contributed by atoms with Crippen molar-refractivity contribution in [1.29, 1.82) is 0 Å². The number of aryl methyl sites for hydroxylation is 2. The molecule has 0 aliphatic carbocycles. The summed E-state index contributed by atoms with van der Waals surface area (Å²) in [4.78, 5) is 25.1. The number of benzene rings is 1. The zero-order valence-electron chi connectivity index (χ0n) is 16.2. The zero-order chi connectivity index (χ0) is 19.7. The number of nitrogens with zero attached hydrogens (tertiary/aromatic N) is 3. The van der Waals surface area contributed by atoms with Gasteiger partial charge in [-0.15, -0.1) is 11.3 Å². The molecule has 1 atom stereocenters. The van der Waals surface area contributed by atoms with Crippen LogP contribution in [0.4, 0.5) is 5.13 Å². The van der Waals surface area contributed by atoms with Crippen LogP contribution in [0.1, 0.15) is 40.1 Å². The van der Waals surface area contributed by atoms with Crippen molar-refractivity contribution in [2.45, 2.75) is 39.7 Å². The molecule has 4 rings (SSSR count). The topological polar surface area (TPSA) is 64.6 Å². The summed E-state index contributed by atoms with van der Waals surface area (Å²) in [6.07, 6.45) is 2.02. The Kier molecular flexibility index (Phi) is 5.61. The first-order valence-corrected chi connectivity index (χ1v) is 11.1. The minimum atomic E-state index is -0.0596. The molecule has 2 aromatic heterocycles. The van der Waals surface area contributed by atoms with Crippen molar-refractivity contribution in [1.82, 2.24) is 9.97 Å². The number of anilines is 1. The van der Waals surface area contributed by atoms with Crippen LogP contribution >= 0.6 is 22.7 Å². The molecular weight excluding hydrogens is 394 g/mol. The van der Waals surface area contributed by atoms with Gasteiger partial charge in [0.05, 0.1) is 34.7 Å². The molecular formula is C20H23N3O3S2. The van der Waals surface area contributed by atoms with Gasteiger partial charge in [-0.25, -0.2) is 9.97 Å². The number of thiazole rings is 2. The Hall–Kier alpha value is -2.03. The molecule has 0 spiro atoms. The van der Waals surface area contributed by atoms with Gasteiger partial charge in [-0.1, -0.05) is 17.4 Å². The minimum absolute atomic E-state index is 0.0386. The van der Waals surface area contributed by atoms with Gasteiger partial charge >= 0.3 is 0 Å². The third-order valence-electron chi connectivity index (χ3n) is 4.65. The molecule has 1 aliphatic heterocycles. The molecule has 1 fully saturated rings. The first-order chi connectivity index (χ1) is 13.6. The Morgan fingerprint density at radius 2 is 2.18 bits per heavy atom. The summed E-state index contributed by atoms with van der Waals surface area (Å²) in [5.74, 6) is 0.687. The molecule has 6 nitrogen and oxygen atoms in total. The number of hydrogen-bond acceptors (Lipinski definition) is 7. The Morgan fingerprint density at radius 1 is 1.32 bits per heavy atom. The number of hydrogen-bond donors (Lipinski definition) is 0. The average molecular weight is 418 g/mol. The van der Waals surface area contributed by atoms with Crippen molar-refractivity contribution < 1.29 is 14.3 Å². The van der Waals surface area contributed by atoms with E-state index in [-0.39, 0.29) is 12.0 Å². The zero-order valence-corrected chi connectivity index (χ0v) is 17.9. The maximum atomic E-state index is 13.4. The van der Waals surface area contributed by atoms with E-state index in [0.717, 1.165) is 46.1 Å². The van der Waals surface area contributed by atoms with Crippen molar-refractivity contribution in [3.63, 3.8) is 0 Å². The van der Waals surface area contributed by atoms with Gasteiger partial charge in [0, 0.05) is 6.61 Å². The molecule has 0 saturated carbocycles. The highest BCUT2D eigenvalue weighted by Gasteiger charge is 2.29. The summed E-state index contributed by atoms with van der Waals surface area (Å²) in [7, 11) is 0. The first kappa shape index (κ1) is 19.3. The van der Waals surface area contributed by atoms with Gasteiger partial charge < -0.3 is 9.47 Å². The fourth-order valence-electron chi connectivity index (χ4n) is 3.39. The lowest BCUT2D eigenvalue weighted by molar-refractivity contribution is 0.0920. The van der Waals surface area contributed by atoms with Gasteiger partial charge in [-0.05, 0) is 45.7 Å². The SMILES string of the molecule is CCOc1cccc2sc(N(CC3CCCO3)C(=O)c3sc(C)nc3C)nc12. The van der Waals surface area contributed by atoms with E-state index in [0.29, 0.717) is 23.2 Å². The van der Waals surface area contributed by atoms with Gasteiger partial charge in [0.1, 0.15) is 16.1 Å². The van der Waals surface area contributed by atoms with Crippen LogP contribution in [0.5, 0.6) is 5.75 Å². The maximum Gasteiger partial charge on any atom is 0.272 e. The second-order valence-electron chi connectivity index (χ2n) is 6.73. The number of amides is 1. The molecule has 0 bridgehead atoms. The van der Waals surface area contributed by atoms with Gasteiger partial charge in [0.15, 0.2) is 5.13 Å². The molecule has 1 amide bonds. The van der Waals surface area contributed by atoms with Crippen molar-refractivity contribution in [3.8, 4) is 5.75 Å². The van der Waals surface area contributed by atoms with Crippen LogP contribution in [0.15, 0.2) is 18.2 Å². The van der Waals surface area contributed by atoms with Crippen LogP contribution in [0.3, 0.4) is 0 Å². The lowest BCUT2D eigenvalue weighted by Crippen LogP contribution is -2.37. The standard InChI is InChI=1S/C20H23N3O3S2/c1-4-25-15-8-5-9-16-17(15)22-20(28-16)23(11-14-7-6-10-26-14)19(24)18-12(2)21-13(3)27-18/h5,8-9,14H,4,6-7,10-11H2,1-3H3. The monoisotopic (exact) mass is 417 g/mol. The molecule has 28 heavy (non-hydrogen) atoms. The van der Waals surface area contributed by atoms with Crippen molar-refractivity contribution in [3.05, 3.63) is 33.8 Å².